The number of hydrogen-bond donors (Lipinski definition) is 0. The van der Waals surface area contributed by atoms with Crippen molar-refractivity contribution in [2.45, 2.75) is 31.0 Å². The van der Waals surface area contributed by atoms with Crippen LogP contribution in [0.15, 0.2) is 114 Å². The monoisotopic (exact) mass is 857 g/mol. The number of pyridine rings is 3. The van der Waals surface area contributed by atoms with Gasteiger partial charge in [-0.3, -0.25) is 9.97 Å². The van der Waals surface area contributed by atoms with Crippen LogP contribution < -0.4 is 4.40 Å². The standard InChI is InChI=1S/C24H15N4O.C15H18GeN.Ir/c1-15-10-11-18-17-8-5-9-19(22(17)29-24(18)26-15)23-27-20-12-13-25-14-21(20)28(23)16-6-3-2-4-7-16;1-12-5-7-13(8-6-12)15-10-9-14(11-17-15)16(2,3)4;/h2-8,10-14H,1H3;5-7,9-11H,1-4H3;/q2*-1;/i;1D3;. The van der Waals surface area contributed by atoms with Gasteiger partial charge >= 0.3 is 110 Å². The predicted octanol–water partition coefficient (Wildman–Crippen LogP) is 8.89. The fourth-order valence-electron chi connectivity index (χ4n) is 5.39. The van der Waals surface area contributed by atoms with Gasteiger partial charge in [0.05, 0.1) is 28.6 Å². The van der Waals surface area contributed by atoms with Crippen molar-refractivity contribution < 1.29 is 28.6 Å². The van der Waals surface area contributed by atoms with Gasteiger partial charge in [-0.15, -0.1) is 18.2 Å². The van der Waals surface area contributed by atoms with Crippen LogP contribution in [0.5, 0.6) is 0 Å². The predicted molar refractivity (Wildman–Crippen MR) is 189 cm³/mol. The minimum absolute atomic E-state index is 0. The molecule has 5 aromatic heterocycles. The van der Waals surface area contributed by atoms with Gasteiger partial charge in [0.2, 0.25) is 5.71 Å². The van der Waals surface area contributed by atoms with Gasteiger partial charge in [-0.1, -0.05) is 29.1 Å². The topological polar surface area (TPSA) is 69.6 Å². The van der Waals surface area contributed by atoms with Crippen molar-refractivity contribution in [3.8, 4) is 28.3 Å². The molecule has 0 saturated carbocycles. The molecule has 1 radical (unpaired) electrons. The summed E-state index contributed by atoms with van der Waals surface area (Å²) in [6.07, 6.45) is 5.54. The van der Waals surface area contributed by atoms with E-state index >= 15 is 0 Å². The zero-order chi connectivity index (χ0) is 34.3. The van der Waals surface area contributed by atoms with E-state index in [1.54, 1.807) is 18.3 Å². The Kier molecular flexibility index (Phi) is 8.18. The molecule has 8 rings (SSSR count). The maximum Gasteiger partial charge on any atom is 0 e. The molecule has 0 bridgehead atoms. The molecule has 235 valence electrons. The van der Waals surface area contributed by atoms with Crippen LogP contribution in [0, 0.1) is 25.9 Å². The molecule has 6 nitrogen and oxygen atoms in total. The number of para-hydroxylation sites is 1. The Morgan fingerprint density at radius 3 is 2.43 bits per heavy atom. The van der Waals surface area contributed by atoms with Crippen LogP contribution >= 0.6 is 0 Å². The Morgan fingerprint density at radius 2 is 1.70 bits per heavy atom. The summed E-state index contributed by atoms with van der Waals surface area (Å²) < 4.78 is 31.7. The third kappa shape index (κ3) is 6.57. The molecule has 0 atom stereocenters. The number of benzene rings is 3. The maximum atomic E-state index is 7.35. The number of nitrogens with zero attached hydrogens (tertiary/aromatic N) is 5. The van der Waals surface area contributed by atoms with Crippen LogP contribution in [-0.2, 0) is 20.1 Å². The van der Waals surface area contributed by atoms with Crippen molar-refractivity contribution in [1.29, 1.82) is 0 Å². The van der Waals surface area contributed by atoms with Crippen molar-refractivity contribution in [2.24, 2.45) is 0 Å². The first-order valence-electron chi connectivity index (χ1n) is 16.6. The molecule has 0 aliphatic heterocycles. The van der Waals surface area contributed by atoms with Gasteiger partial charge in [-0.05, 0) is 37.3 Å². The molecule has 0 aliphatic rings. The van der Waals surface area contributed by atoms with Crippen LogP contribution in [0.25, 0.3) is 61.4 Å². The van der Waals surface area contributed by atoms with E-state index in [0.29, 0.717) is 11.3 Å². The molecule has 8 heteroatoms. The second kappa shape index (κ2) is 13.4. The molecule has 0 amide bonds. The fraction of sp³-hybridized carbons (Fsp3) is 0.128. The van der Waals surface area contributed by atoms with Gasteiger partial charge < -0.3 is 8.98 Å². The minimum Gasteiger partial charge on any atom is 0 e. The number of furan rings is 1. The summed E-state index contributed by atoms with van der Waals surface area (Å²) in [5.74, 6) is 7.75. The van der Waals surface area contributed by atoms with Crippen molar-refractivity contribution in [3.05, 3.63) is 133 Å². The van der Waals surface area contributed by atoms with Crippen LogP contribution in [0.1, 0.15) is 15.4 Å². The minimum atomic E-state index is -2.08. The van der Waals surface area contributed by atoms with Gasteiger partial charge in [0, 0.05) is 43.1 Å². The number of aryl methyl sites for hydroxylation is 2. The Labute approximate surface area is 294 Å². The quantitative estimate of drug-likeness (QED) is 0.131. The number of imidazole rings is 1. The molecule has 0 N–H and O–H groups in total. The van der Waals surface area contributed by atoms with E-state index in [0.717, 1.165) is 61.4 Å². The number of hydrogen-bond acceptors (Lipinski definition) is 5. The summed E-state index contributed by atoms with van der Waals surface area (Å²) >= 11 is -1.83. The second-order valence-electron chi connectivity index (χ2n) is 12.1. The van der Waals surface area contributed by atoms with Crippen molar-refractivity contribution in [3.63, 3.8) is 0 Å². The molecule has 0 saturated heterocycles. The van der Waals surface area contributed by atoms with Gasteiger partial charge in [0.1, 0.15) is 0 Å². The third-order valence-electron chi connectivity index (χ3n) is 7.85. The average molecular weight is 856 g/mol. The van der Waals surface area contributed by atoms with Gasteiger partial charge in [-0.25, -0.2) is 4.98 Å². The molecule has 0 aliphatic carbocycles. The van der Waals surface area contributed by atoms with E-state index in [1.807, 2.05) is 67.8 Å². The van der Waals surface area contributed by atoms with Crippen LogP contribution in [0.3, 0.4) is 0 Å². The first-order chi connectivity index (χ1) is 23.5. The van der Waals surface area contributed by atoms with Crippen LogP contribution in [-0.4, -0.2) is 37.8 Å². The summed E-state index contributed by atoms with van der Waals surface area (Å²) in [6, 6.07) is 35.4. The average Bonchev–Trinajstić information content (AvgIpc) is 3.66. The summed E-state index contributed by atoms with van der Waals surface area (Å²) in [5.41, 5.74) is 7.87. The van der Waals surface area contributed by atoms with Crippen molar-refractivity contribution in [2.75, 3.05) is 0 Å². The molecule has 8 aromatic rings. The third-order valence-corrected chi connectivity index (χ3v) is 12.1. The Balaban J connectivity index is 0.000000182. The molecule has 0 spiro atoms. The fourth-order valence-corrected chi connectivity index (χ4v) is 7.56. The smallest absolute Gasteiger partial charge is 0 e. The SMILES string of the molecule is Cc1ccc2c(n1)oc1c(-c3nc4ccncc4n3-c3ccccc3)[c-]ccc12.[2H]C([2H])([2H])c1c[c-]c(-c2cc[c]([Ge]([CH3])([CH3])[CH3])cn2)cc1.[Ir]. The van der Waals surface area contributed by atoms with Crippen molar-refractivity contribution in [1.82, 2.24) is 24.5 Å². The maximum absolute atomic E-state index is 7.35. The van der Waals surface area contributed by atoms with E-state index in [-0.39, 0.29) is 20.1 Å². The Bertz CT molecular complexity index is 2360. The molecule has 0 unspecified atom stereocenters. The van der Waals surface area contributed by atoms with E-state index < -0.39 is 20.1 Å². The summed E-state index contributed by atoms with van der Waals surface area (Å²) in [5, 5.41) is 2.00. The molecule has 0 fully saturated rings. The summed E-state index contributed by atoms with van der Waals surface area (Å²) in [7, 11) is 0. The van der Waals surface area contributed by atoms with Gasteiger partial charge in [0.15, 0.2) is 0 Å². The van der Waals surface area contributed by atoms with Gasteiger partial charge in [-0.2, -0.15) is 0 Å². The van der Waals surface area contributed by atoms with Crippen LogP contribution in [0.4, 0.5) is 0 Å². The van der Waals surface area contributed by atoms with Crippen LogP contribution in [0.2, 0.25) is 17.3 Å². The normalized spacial score (nSPS) is 12.6. The molecule has 3 aromatic carbocycles. The number of rotatable bonds is 4. The molecular formula is C39H33GeIrN5O-2. The van der Waals surface area contributed by atoms with E-state index in [1.165, 1.54) is 10.5 Å². The van der Waals surface area contributed by atoms with E-state index in [9.17, 15) is 0 Å². The largest absolute Gasteiger partial charge is 0 e. The number of fused-ring (bicyclic) bond motifs is 4. The molecular weight excluding hydrogens is 819 g/mol. The first-order valence-corrected chi connectivity index (χ1v) is 22.4. The zero-order valence-corrected chi connectivity index (χ0v) is 30.9. The first kappa shape index (κ1) is 28.8. The van der Waals surface area contributed by atoms with Gasteiger partial charge in [0.25, 0.3) is 0 Å². The molecule has 5 heterocycles. The summed E-state index contributed by atoms with van der Waals surface area (Å²) in [6.45, 7) is -0.117. The van der Waals surface area contributed by atoms with E-state index in [2.05, 4.69) is 73.2 Å². The molecule has 47 heavy (non-hydrogen) atoms. The Morgan fingerprint density at radius 1 is 0.851 bits per heavy atom. The van der Waals surface area contributed by atoms with E-state index in [4.69, 9.17) is 13.5 Å². The number of aromatic nitrogens is 5. The van der Waals surface area contributed by atoms with Crippen molar-refractivity contribution >= 4 is 50.8 Å². The zero-order valence-electron chi connectivity index (χ0n) is 29.4. The second-order valence-corrected chi connectivity index (χ2v) is 22.8. The summed E-state index contributed by atoms with van der Waals surface area (Å²) in [4.78, 5) is 18.3. The Hall–Kier alpha value is -4.43.